The number of thiophene rings is 1. The van der Waals surface area contributed by atoms with E-state index in [1.807, 2.05) is 29.5 Å². The second-order valence-electron chi connectivity index (χ2n) is 8.00. The molecule has 0 radical (unpaired) electrons. The quantitative estimate of drug-likeness (QED) is 0.803. The number of amides is 2. The lowest BCUT2D eigenvalue weighted by Crippen LogP contribution is -2.53. The molecule has 2 fully saturated rings. The van der Waals surface area contributed by atoms with E-state index in [-0.39, 0.29) is 29.8 Å². The molecule has 0 unspecified atom stereocenters. The summed E-state index contributed by atoms with van der Waals surface area (Å²) in [6.45, 7) is 7.14. The number of rotatable bonds is 6. The first-order valence-corrected chi connectivity index (χ1v) is 10.7. The number of piperidine rings is 1. The Morgan fingerprint density at radius 1 is 1.44 bits per heavy atom. The van der Waals surface area contributed by atoms with E-state index in [1.54, 1.807) is 11.3 Å². The third-order valence-electron chi connectivity index (χ3n) is 5.77. The Morgan fingerprint density at radius 2 is 2.26 bits per heavy atom. The van der Waals surface area contributed by atoms with Crippen molar-refractivity contribution in [2.24, 2.45) is 11.8 Å². The van der Waals surface area contributed by atoms with E-state index >= 15 is 0 Å². The van der Waals surface area contributed by atoms with Crippen LogP contribution in [0.15, 0.2) is 17.5 Å². The summed E-state index contributed by atoms with van der Waals surface area (Å²) in [4.78, 5) is 30.3. The highest BCUT2D eigenvalue weighted by Gasteiger charge is 2.39. The lowest BCUT2D eigenvalue weighted by molar-refractivity contribution is -0.147. The summed E-state index contributed by atoms with van der Waals surface area (Å²) in [5.41, 5.74) is 0. The van der Waals surface area contributed by atoms with Crippen molar-refractivity contribution >= 4 is 23.2 Å². The Balaban J connectivity index is 1.50. The zero-order valence-corrected chi connectivity index (χ0v) is 17.3. The van der Waals surface area contributed by atoms with Crippen LogP contribution >= 0.6 is 11.3 Å². The van der Waals surface area contributed by atoms with Crippen molar-refractivity contribution in [3.63, 3.8) is 0 Å². The highest BCUT2D eigenvalue weighted by atomic mass is 32.1. The summed E-state index contributed by atoms with van der Waals surface area (Å²) in [5, 5.41) is 5.04. The Bertz CT molecular complexity index is 634. The summed E-state index contributed by atoms with van der Waals surface area (Å²) in [6.07, 6.45) is 1.84. The van der Waals surface area contributed by atoms with Gasteiger partial charge in [0.25, 0.3) is 0 Å². The molecular weight excluding hydrogens is 362 g/mol. The predicted molar refractivity (Wildman–Crippen MR) is 106 cm³/mol. The minimum absolute atomic E-state index is 0.0600. The number of likely N-dealkylation sites (tertiary alicyclic amines) is 1. The first-order valence-electron chi connectivity index (χ1n) is 9.83. The topological polar surface area (TPSA) is 61.9 Å². The van der Waals surface area contributed by atoms with E-state index in [1.165, 1.54) is 0 Å². The van der Waals surface area contributed by atoms with Gasteiger partial charge in [-0.05, 0) is 45.2 Å². The van der Waals surface area contributed by atoms with Gasteiger partial charge in [0.2, 0.25) is 11.8 Å². The number of nitrogens with zero attached hydrogens (tertiary/aromatic N) is 2. The van der Waals surface area contributed by atoms with Gasteiger partial charge in [0.15, 0.2) is 0 Å². The van der Waals surface area contributed by atoms with Gasteiger partial charge in [0.1, 0.15) is 0 Å². The van der Waals surface area contributed by atoms with E-state index < -0.39 is 0 Å². The largest absolute Gasteiger partial charge is 0.377 e. The molecule has 6 nitrogen and oxygen atoms in total. The number of ether oxygens (including phenoxy) is 1. The van der Waals surface area contributed by atoms with Gasteiger partial charge in [-0.2, -0.15) is 0 Å². The monoisotopic (exact) mass is 393 g/mol. The van der Waals surface area contributed by atoms with E-state index in [4.69, 9.17) is 4.74 Å². The molecule has 27 heavy (non-hydrogen) atoms. The average molecular weight is 394 g/mol. The van der Waals surface area contributed by atoms with Crippen LogP contribution in [0.5, 0.6) is 0 Å². The van der Waals surface area contributed by atoms with Crippen molar-refractivity contribution in [2.75, 3.05) is 33.3 Å². The highest BCUT2D eigenvalue weighted by molar-refractivity contribution is 7.09. The molecule has 2 amide bonds. The van der Waals surface area contributed by atoms with Gasteiger partial charge >= 0.3 is 0 Å². The third-order valence-corrected chi connectivity index (χ3v) is 6.65. The van der Waals surface area contributed by atoms with Gasteiger partial charge in [-0.3, -0.25) is 14.5 Å². The smallest absolute Gasteiger partial charge is 0.236 e. The standard InChI is InChI=1S/C20H31N3O3S/c1-14(2)22(3)12-19(24)23-7-6-18-15(11-23)9-16(13-26-18)20(25)21-10-17-5-4-8-27-17/h4-5,8,14-16,18H,6-7,9-13H2,1-3H3,(H,21,25)/t15-,16-,18+/m0/s1. The summed E-state index contributed by atoms with van der Waals surface area (Å²) in [7, 11) is 1.98. The zero-order valence-electron chi connectivity index (χ0n) is 16.5. The molecule has 3 heterocycles. The fraction of sp³-hybridized carbons (Fsp3) is 0.700. The summed E-state index contributed by atoms with van der Waals surface area (Å²) in [5.74, 6) is 0.358. The minimum Gasteiger partial charge on any atom is -0.377 e. The van der Waals surface area contributed by atoms with E-state index in [0.717, 1.165) is 24.3 Å². The highest BCUT2D eigenvalue weighted by Crippen LogP contribution is 2.31. The van der Waals surface area contributed by atoms with Crippen LogP contribution in [0.3, 0.4) is 0 Å². The Labute approximate surface area is 165 Å². The maximum Gasteiger partial charge on any atom is 0.236 e. The Hall–Kier alpha value is -1.44. The molecule has 3 atom stereocenters. The third kappa shape index (κ3) is 5.30. The lowest BCUT2D eigenvalue weighted by atomic mass is 9.83. The molecule has 3 rings (SSSR count). The van der Waals surface area contributed by atoms with Crippen molar-refractivity contribution in [2.45, 2.75) is 45.4 Å². The van der Waals surface area contributed by atoms with Gasteiger partial charge in [-0.1, -0.05) is 6.07 Å². The SMILES string of the molecule is CC(C)N(C)CC(=O)N1CC[C@H]2OC[C@@H](C(=O)NCc3cccs3)C[C@H]2C1. The molecule has 2 aliphatic heterocycles. The van der Waals surface area contributed by atoms with E-state index in [2.05, 4.69) is 24.1 Å². The van der Waals surface area contributed by atoms with Gasteiger partial charge in [0, 0.05) is 29.9 Å². The van der Waals surface area contributed by atoms with Gasteiger partial charge in [0.05, 0.1) is 31.7 Å². The molecule has 0 spiro atoms. The first-order chi connectivity index (χ1) is 12.9. The van der Waals surface area contributed by atoms with Crippen LogP contribution in [0, 0.1) is 11.8 Å². The van der Waals surface area contributed by atoms with E-state index in [0.29, 0.717) is 32.3 Å². The average Bonchev–Trinajstić information content (AvgIpc) is 3.18. The molecule has 0 bridgehead atoms. The fourth-order valence-electron chi connectivity index (χ4n) is 3.77. The van der Waals surface area contributed by atoms with Crippen LogP contribution in [-0.2, 0) is 20.9 Å². The van der Waals surface area contributed by atoms with Crippen molar-refractivity contribution in [3.8, 4) is 0 Å². The summed E-state index contributed by atoms with van der Waals surface area (Å²) in [6, 6.07) is 4.36. The summed E-state index contributed by atoms with van der Waals surface area (Å²) >= 11 is 1.65. The normalized spacial score (nSPS) is 25.5. The minimum atomic E-state index is -0.125. The van der Waals surface area contributed by atoms with Gasteiger partial charge < -0.3 is 15.0 Å². The molecule has 1 N–H and O–H groups in total. The van der Waals surface area contributed by atoms with Gasteiger partial charge in [-0.25, -0.2) is 0 Å². The fourth-order valence-corrected chi connectivity index (χ4v) is 4.41. The van der Waals surface area contributed by atoms with Crippen molar-refractivity contribution < 1.29 is 14.3 Å². The molecule has 0 saturated carbocycles. The van der Waals surface area contributed by atoms with Gasteiger partial charge in [-0.15, -0.1) is 11.3 Å². The number of nitrogens with one attached hydrogen (secondary N) is 1. The molecule has 0 aliphatic carbocycles. The second-order valence-corrected chi connectivity index (χ2v) is 9.03. The molecule has 150 valence electrons. The maximum absolute atomic E-state index is 12.6. The van der Waals surface area contributed by atoms with Crippen molar-refractivity contribution in [1.82, 2.24) is 15.1 Å². The van der Waals surface area contributed by atoms with Crippen LogP contribution in [0.1, 0.15) is 31.6 Å². The van der Waals surface area contributed by atoms with Crippen molar-refractivity contribution in [1.29, 1.82) is 0 Å². The van der Waals surface area contributed by atoms with E-state index in [9.17, 15) is 9.59 Å². The van der Waals surface area contributed by atoms with Crippen LogP contribution in [0.2, 0.25) is 0 Å². The molecule has 1 aromatic rings. The number of carbonyl (C=O) groups excluding carboxylic acids is 2. The van der Waals surface area contributed by atoms with Crippen molar-refractivity contribution in [3.05, 3.63) is 22.4 Å². The number of likely N-dealkylation sites (N-methyl/N-ethyl adjacent to an activating group) is 1. The number of hydrogen-bond acceptors (Lipinski definition) is 5. The summed E-state index contributed by atoms with van der Waals surface area (Å²) < 4.78 is 5.99. The zero-order chi connectivity index (χ0) is 19.4. The molecule has 2 aliphatic rings. The lowest BCUT2D eigenvalue weighted by Gasteiger charge is -2.43. The van der Waals surface area contributed by atoms with Crippen LogP contribution in [0.25, 0.3) is 0 Å². The van der Waals surface area contributed by atoms with Crippen LogP contribution in [-0.4, -0.2) is 67.0 Å². The molecule has 7 heteroatoms. The van der Waals surface area contributed by atoms with Crippen LogP contribution in [0.4, 0.5) is 0 Å². The molecular formula is C20H31N3O3S. The number of carbonyl (C=O) groups is 2. The Morgan fingerprint density at radius 3 is 2.96 bits per heavy atom. The number of hydrogen-bond donors (Lipinski definition) is 1. The predicted octanol–water partition coefficient (Wildman–Crippen LogP) is 1.96. The molecule has 0 aromatic carbocycles. The molecule has 2 saturated heterocycles. The second kappa shape index (κ2) is 9.17. The number of fused-ring (bicyclic) bond motifs is 1. The molecule has 1 aromatic heterocycles. The maximum atomic E-state index is 12.6. The van der Waals surface area contributed by atoms with Crippen LogP contribution < -0.4 is 5.32 Å². The Kier molecular flexibility index (Phi) is 6.89. The first kappa shape index (κ1) is 20.3.